The number of benzene rings is 2. The molecule has 0 aliphatic carbocycles. The van der Waals surface area contributed by atoms with Crippen molar-refractivity contribution in [3.8, 4) is 0 Å². The Morgan fingerprint density at radius 1 is 0.825 bits per heavy atom. The van der Waals surface area contributed by atoms with Crippen molar-refractivity contribution in [1.29, 1.82) is 0 Å². The number of nitrogens with one attached hydrogen (secondary N) is 2. The summed E-state index contributed by atoms with van der Waals surface area (Å²) in [7, 11) is 0. The van der Waals surface area contributed by atoms with Crippen LogP contribution in [0.5, 0.6) is 0 Å². The lowest BCUT2D eigenvalue weighted by Crippen LogP contribution is -2.52. The maximum atomic E-state index is 14.9. The highest BCUT2D eigenvalue weighted by Gasteiger charge is 2.31. The molecule has 2 heterocycles. The van der Waals surface area contributed by atoms with Crippen LogP contribution in [0.1, 0.15) is 43.6 Å². The van der Waals surface area contributed by atoms with Crippen molar-refractivity contribution in [1.82, 2.24) is 25.0 Å². The van der Waals surface area contributed by atoms with Gasteiger partial charge in [-0.15, -0.1) is 0 Å². The van der Waals surface area contributed by atoms with Crippen molar-refractivity contribution in [2.45, 2.75) is 39.8 Å². The van der Waals surface area contributed by atoms with Gasteiger partial charge in [-0.2, -0.15) is 4.99 Å². The fourth-order valence-corrected chi connectivity index (χ4v) is 4.56. The van der Waals surface area contributed by atoms with E-state index in [0.717, 1.165) is 10.1 Å². The van der Waals surface area contributed by atoms with Gasteiger partial charge in [-0.05, 0) is 39.8 Å². The maximum Gasteiger partial charge on any atom is 0.343 e. The van der Waals surface area contributed by atoms with Crippen LogP contribution in [0.25, 0.3) is 10.9 Å². The average molecular weight is 549 g/mol. The van der Waals surface area contributed by atoms with Gasteiger partial charge in [0, 0.05) is 55.4 Å². The number of ketones is 1. The predicted octanol–water partition coefficient (Wildman–Crippen LogP) is 3.64. The number of amidine groups is 1. The van der Waals surface area contributed by atoms with Crippen molar-refractivity contribution in [3.63, 3.8) is 0 Å². The molecule has 1 aromatic heterocycles. The van der Waals surface area contributed by atoms with E-state index >= 15 is 0 Å². The molecule has 0 atom stereocenters. The summed E-state index contributed by atoms with van der Waals surface area (Å²) in [4.78, 5) is 59.4. The van der Waals surface area contributed by atoms with E-state index in [1.165, 1.54) is 29.3 Å². The van der Waals surface area contributed by atoms with Gasteiger partial charge in [0.1, 0.15) is 11.7 Å². The van der Waals surface area contributed by atoms with E-state index in [1.807, 2.05) is 49.1 Å². The summed E-state index contributed by atoms with van der Waals surface area (Å²) >= 11 is 0. The number of nitrogens with zero attached hydrogens (tertiary/aromatic N) is 4. The third-order valence-corrected chi connectivity index (χ3v) is 6.37. The number of aliphatic imine (C=N–C) groups is 1. The molecule has 10 nitrogen and oxygen atoms in total. The summed E-state index contributed by atoms with van der Waals surface area (Å²) in [5.41, 5.74) is 0.777. The fourth-order valence-electron chi connectivity index (χ4n) is 4.56. The standard InChI is InChI=1S/C29H33FN6O4/c1-18(2)31-28(39)33-26(20-9-6-5-7-10-20)34-13-15-35(16-14-34)27(38)25(37)21-17-36(29(40)32-19(3)4)23-12-8-11-22(30)24(21)23/h5-12,17-19H,13-16H2,1-4H3,(H,31,39)(H,32,40)/b33-26+. The molecule has 1 fully saturated rings. The van der Waals surface area contributed by atoms with Crippen LogP contribution < -0.4 is 10.6 Å². The molecule has 40 heavy (non-hydrogen) atoms. The van der Waals surface area contributed by atoms with E-state index in [-0.39, 0.29) is 41.6 Å². The molecule has 0 bridgehead atoms. The number of carbonyl (C=O) groups excluding carboxylic acids is 4. The first kappa shape index (κ1) is 28.5. The molecule has 11 heteroatoms. The first-order chi connectivity index (χ1) is 19.1. The monoisotopic (exact) mass is 548 g/mol. The Morgan fingerprint density at radius 2 is 1.45 bits per heavy atom. The van der Waals surface area contributed by atoms with Crippen molar-refractivity contribution in [2.75, 3.05) is 26.2 Å². The average Bonchev–Trinajstić information content (AvgIpc) is 3.32. The van der Waals surface area contributed by atoms with Crippen LogP contribution in [-0.2, 0) is 4.79 Å². The zero-order valence-corrected chi connectivity index (χ0v) is 23.0. The summed E-state index contributed by atoms with van der Waals surface area (Å²) in [6.45, 7) is 8.29. The summed E-state index contributed by atoms with van der Waals surface area (Å²) < 4.78 is 16.0. The number of fused-ring (bicyclic) bond motifs is 1. The number of hydrogen-bond donors (Lipinski definition) is 2. The first-order valence-corrected chi connectivity index (χ1v) is 13.2. The topological polar surface area (TPSA) is 116 Å². The van der Waals surface area contributed by atoms with Gasteiger partial charge in [0.05, 0.1) is 11.1 Å². The zero-order valence-electron chi connectivity index (χ0n) is 23.0. The number of urea groups is 1. The van der Waals surface area contributed by atoms with Crippen molar-refractivity contribution in [3.05, 3.63) is 71.7 Å². The number of Topliss-reactive ketones (excluding diaryl/α,β-unsaturated/α-hetero) is 1. The zero-order chi connectivity index (χ0) is 29.0. The van der Waals surface area contributed by atoms with E-state index in [9.17, 15) is 23.6 Å². The molecule has 3 aromatic rings. The molecule has 210 valence electrons. The highest BCUT2D eigenvalue weighted by atomic mass is 19.1. The van der Waals surface area contributed by atoms with Gasteiger partial charge in [0.2, 0.25) is 0 Å². The number of carbonyl (C=O) groups is 4. The molecular formula is C29H33FN6O4. The largest absolute Gasteiger partial charge is 0.352 e. The first-order valence-electron chi connectivity index (χ1n) is 13.2. The lowest BCUT2D eigenvalue weighted by molar-refractivity contribution is -0.127. The summed E-state index contributed by atoms with van der Waals surface area (Å²) in [6.07, 6.45) is 1.22. The van der Waals surface area contributed by atoms with Gasteiger partial charge in [0.25, 0.3) is 11.7 Å². The van der Waals surface area contributed by atoms with E-state index < -0.39 is 29.6 Å². The SMILES string of the molecule is CC(C)NC(=O)/N=C(\c1ccccc1)N1CCN(C(=O)C(=O)c2cn(C(=O)NC(C)C)c3cccc(F)c23)CC1. The minimum atomic E-state index is -0.895. The van der Waals surface area contributed by atoms with Crippen molar-refractivity contribution >= 4 is 40.5 Å². The number of amides is 4. The van der Waals surface area contributed by atoms with Crippen molar-refractivity contribution < 1.29 is 23.6 Å². The molecule has 1 aliphatic rings. The fraction of sp³-hybridized carbons (Fsp3) is 0.345. The normalized spacial score (nSPS) is 14.1. The Hall–Kier alpha value is -4.54. The van der Waals surface area contributed by atoms with Gasteiger partial charge >= 0.3 is 12.1 Å². The van der Waals surface area contributed by atoms with Crippen LogP contribution in [0.3, 0.4) is 0 Å². The lowest BCUT2D eigenvalue weighted by atomic mass is 10.1. The maximum absolute atomic E-state index is 14.9. The third-order valence-electron chi connectivity index (χ3n) is 6.37. The van der Waals surface area contributed by atoms with Crippen LogP contribution in [-0.4, -0.2) is 82.2 Å². The summed E-state index contributed by atoms with van der Waals surface area (Å²) in [5, 5.41) is 5.40. The number of piperazine rings is 1. The molecule has 1 saturated heterocycles. The lowest BCUT2D eigenvalue weighted by Gasteiger charge is -2.36. The third kappa shape index (κ3) is 6.19. The van der Waals surface area contributed by atoms with E-state index in [4.69, 9.17) is 0 Å². The molecule has 0 unspecified atom stereocenters. The van der Waals surface area contributed by atoms with E-state index in [1.54, 1.807) is 13.8 Å². The van der Waals surface area contributed by atoms with Crippen molar-refractivity contribution in [2.24, 2.45) is 4.99 Å². The molecule has 0 saturated carbocycles. The molecule has 1 aliphatic heterocycles. The number of aromatic nitrogens is 1. The number of hydrogen-bond acceptors (Lipinski definition) is 4. The number of rotatable bonds is 5. The number of halogens is 1. The Labute approximate surface area is 231 Å². The molecule has 4 rings (SSSR count). The van der Waals surface area contributed by atoms with E-state index in [0.29, 0.717) is 18.9 Å². The Balaban J connectivity index is 1.55. The second-order valence-electron chi connectivity index (χ2n) is 10.2. The molecule has 2 aromatic carbocycles. The minimum absolute atomic E-state index is 0.0759. The van der Waals surface area contributed by atoms with Gasteiger partial charge < -0.3 is 20.4 Å². The van der Waals surface area contributed by atoms with Gasteiger partial charge in [-0.3, -0.25) is 14.2 Å². The highest BCUT2D eigenvalue weighted by Crippen LogP contribution is 2.26. The molecule has 0 radical (unpaired) electrons. The predicted molar refractivity (Wildman–Crippen MR) is 150 cm³/mol. The highest BCUT2D eigenvalue weighted by molar-refractivity contribution is 6.45. The summed E-state index contributed by atoms with van der Waals surface area (Å²) in [5.74, 6) is -1.91. The van der Waals surface area contributed by atoms with Crippen LogP contribution >= 0.6 is 0 Å². The van der Waals surface area contributed by atoms with Crippen LogP contribution in [0.15, 0.2) is 59.7 Å². The van der Waals surface area contributed by atoms with Gasteiger partial charge in [-0.1, -0.05) is 36.4 Å². The second kappa shape index (κ2) is 12.1. The summed E-state index contributed by atoms with van der Waals surface area (Å²) in [6, 6.07) is 12.2. The van der Waals surface area contributed by atoms with Crippen LogP contribution in [0, 0.1) is 5.82 Å². The smallest absolute Gasteiger partial charge is 0.343 e. The van der Waals surface area contributed by atoms with Gasteiger partial charge in [0.15, 0.2) is 0 Å². The Bertz CT molecular complexity index is 1460. The molecule has 0 spiro atoms. The Kier molecular flexibility index (Phi) is 8.61. The molecule has 4 amide bonds. The van der Waals surface area contributed by atoms with Crippen LogP contribution in [0.2, 0.25) is 0 Å². The Morgan fingerprint density at radius 3 is 2.08 bits per heavy atom. The quantitative estimate of drug-likeness (QED) is 0.219. The molecule has 2 N–H and O–H groups in total. The van der Waals surface area contributed by atoms with E-state index in [2.05, 4.69) is 15.6 Å². The van der Waals surface area contributed by atoms with Gasteiger partial charge in [-0.25, -0.2) is 14.0 Å². The molecular weight excluding hydrogens is 515 g/mol. The van der Waals surface area contributed by atoms with Crippen LogP contribution in [0.4, 0.5) is 14.0 Å². The second-order valence-corrected chi connectivity index (χ2v) is 10.2. The minimum Gasteiger partial charge on any atom is -0.352 e.